The number of fused-ring (bicyclic) bond motifs is 1. The van der Waals surface area contributed by atoms with E-state index in [-0.39, 0.29) is 5.75 Å². The van der Waals surface area contributed by atoms with Gasteiger partial charge in [0.25, 0.3) is 0 Å². The number of methoxy groups -OCH3 is 1. The number of anilines is 2. The van der Waals surface area contributed by atoms with E-state index in [2.05, 4.69) is 25.1 Å². The van der Waals surface area contributed by atoms with Crippen LogP contribution in [0.25, 0.3) is 16.9 Å². The lowest BCUT2D eigenvalue weighted by Crippen LogP contribution is -1.99. The molecule has 0 spiro atoms. The first kappa shape index (κ1) is 18.1. The largest absolute Gasteiger partial charge is 0.492 e. The number of halogens is 1. The van der Waals surface area contributed by atoms with Gasteiger partial charge >= 0.3 is 0 Å². The zero-order chi connectivity index (χ0) is 19.7. The van der Waals surface area contributed by atoms with Crippen LogP contribution >= 0.6 is 11.9 Å². The third-order valence-corrected chi connectivity index (χ3v) is 4.94. The Bertz CT molecular complexity index is 1140. The van der Waals surface area contributed by atoms with Crippen LogP contribution in [-0.4, -0.2) is 38.3 Å². The predicted octanol–water partition coefficient (Wildman–Crippen LogP) is 3.44. The summed E-state index contributed by atoms with van der Waals surface area (Å²) in [4.78, 5) is 9.56. The van der Waals surface area contributed by atoms with E-state index in [4.69, 9.17) is 4.74 Å². The van der Waals surface area contributed by atoms with E-state index in [1.54, 1.807) is 36.5 Å². The molecule has 0 aliphatic heterocycles. The van der Waals surface area contributed by atoms with E-state index in [1.807, 2.05) is 23.7 Å². The zero-order valence-corrected chi connectivity index (χ0v) is 16.3. The molecule has 0 unspecified atom stereocenters. The Morgan fingerprint density at radius 2 is 2.07 bits per heavy atom. The third-order valence-electron chi connectivity index (χ3n) is 4.17. The monoisotopic (exact) mass is 399 g/mol. The summed E-state index contributed by atoms with van der Waals surface area (Å²) in [5, 5.41) is 7.13. The van der Waals surface area contributed by atoms with Crippen LogP contribution in [-0.2, 0) is 7.05 Å². The summed E-state index contributed by atoms with van der Waals surface area (Å²) in [6, 6.07) is 3.26. The molecular formula is C18H18FN7OS. The van der Waals surface area contributed by atoms with Crippen molar-refractivity contribution in [2.24, 2.45) is 7.05 Å². The van der Waals surface area contributed by atoms with Crippen molar-refractivity contribution >= 4 is 29.1 Å². The molecule has 10 heteroatoms. The first-order valence-corrected chi connectivity index (χ1v) is 9.21. The molecule has 0 radical (unpaired) electrons. The molecule has 1 aromatic carbocycles. The average Bonchev–Trinajstić information content (AvgIpc) is 3.31. The zero-order valence-electron chi connectivity index (χ0n) is 15.5. The fourth-order valence-corrected chi connectivity index (χ4v) is 3.58. The fourth-order valence-electron chi connectivity index (χ4n) is 2.90. The van der Waals surface area contributed by atoms with Crippen LogP contribution in [0.1, 0.15) is 0 Å². The smallest absolute Gasteiger partial charge is 0.180 e. The number of ether oxygens (including phenoxy) is 1. The molecule has 0 fully saturated rings. The molecule has 28 heavy (non-hydrogen) atoms. The van der Waals surface area contributed by atoms with Gasteiger partial charge in [-0.1, -0.05) is 0 Å². The molecule has 0 bridgehead atoms. The van der Waals surface area contributed by atoms with Crippen LogP contribution in [0.3, 0.4) is 0 Å². The van der Waals surface area contributed by atoms with E-state index in [9.17, 15) is 4.39 Å². The summed E-state index contributed by atoms with van der Waals surface area (Å²) >= 11 is 1.33. The van der Waals surface area contributed by atoms with E-state index in [0.717, 1.165) is 10.6 Å². The SMILES string of the molecule is CNc1nccn2c(-c3cc(F)c(OC)c(NSc4cnn(C)c4)c3)cnc12. The second kappa shape index (κ2) is 7.39. The Hall–Kier alpha value is -3.27. The normalized spacial score (nSPS) is 11.0. The molecule has 0 amide bonds. The van der Waals surface area contributed by atoms with Crippen molar-refractivity contribution in [3.05, 3.63) is 48.9 Å². The maximum Gasteiger partial charge on any atom is 0.180 e. The van der Waals surface area contributed by atoms with Gasteiger partial charge in [0, 0.05) is 38.2 Å². The Morgan fingerprint density at radius 3 is 2.79 bits per heavy atom. The maximum atomic E-state index is 14.7. The lowest BCUT2D eigenvalue weighted by atomic mass is 10.1. The molecule has 2 N–H and O–H groups in total. The molecule has 3 aromatic heterocycles. The van der Waals surface area contributed by atoms with Gasteiger partial charge < -0.3 is 14.8 Å². The van der Waals surface area contributed by atoms with Crippen LogP contribution in [0.5, 0.6) is 5.75 Å². The van der Waals surface area contributed by atoms with Gasteiger partial charge in [0.2, 0.25) is 0 Å². The molecular weight excluding hydrogens is 381 g/mol. The molecule has 0 saturated carbocycles. The van der Waals surface area contributed by atoms with Gasteiger partial charge in [0.05, 0.1) is 35.8 Å². The summed E-state index contributed by atoms with van der Waals surface area (Å²) in [5.74, 6) is 0.326. The molecule has 0 aliphatic carbocycles. The highest BCUT2D eigenvalue weighted by Crippen LogP contribution is 2.36. The van der Waals surface area contributed by atoms with Crippen molar-refractivity contribution < 1.29 is 9.13 Å². The van der Waals surface area contributed by atoms with E-state index in [1.165, 1.54) is 25.1 Å². The highest BCUT2D eigenvalue weighted by molar-refractivity contribution is 8.00. The van der Waals surface area contributed by atoms with E-state index < -0.39 is 5.82 Å². The Labute approximate surface area is 164 Å². The minimum atomic E-state index is -0.466. The summed E-state index contributed by atoms with van der Waals surface area (Å²) in [7, 11) is 5.06. The van der Waals surface area contributed by atoms with Gasteiger partial charge in [-0.15, -0.1) is 0 Å². The van der Waals surface area contributed by atoms with E-state index in [0.29, 0.717) is 22.7 Å². The second-order valence-electron chi connectivity index (χ2n) is 5.96. The summed E-state index contributed by atoms with van der Waals surface area (Å²) in [5.41, 5.74) is 2.58. The van der Waals surface area contributed by atoms with Gasteiger partial charge in [-0.3, -0.25) is 9.08 Å². The molecule has 144 valence electrons. The fraction of sp³-hybridized carbons (Fsp3) is 0.167. The minimum Gasteiger partial charge on any atom is -0.492 e. The molecule has 4 rings (SSSR count). The van der Waals surface area contributed by atoms with Gasteiger partial charge in [0.15, 0.2) is 23.0 Å². The minimum absolute atomic E-state index is 0.145. The quantitative estimate of drug-likeness (QED) is 0.481. The number of imidazole rings is 1. The van der Waals surface area contributed by atoms with Gasteiger partial charge in [-0.25, -0.2) is 14.4 Å². The highest BCUT2D eigenvalue weighted by atomic mass is 32.2. The molecule has 3 heterocycles. The maximum absolute atomic E-state index is 14.7. The number of aryl methyl sites for hydroxylation is 1. The third kappa shape index (κ3) is 3.22. The topological polar surface area (TPSA) is 81.3 Å². The van der Waals surface area contributed by atoms with Crippen molar-refractivity contribution in [1.82, 2.24) is 24.1 Å². The lowest BCUT2D eigenvalue weighted by Gasteiger charge is -2.13. The van der Waals surface area contributed by atoms with E-state index >= 15 is 0 Å². The summed E-state index contributed by atoms with van der Waals surface area (Å²) in [6.07, 6.45) is 8.73. The number of hydrogen-bond acceptors (Lipinski definition) is 7. The highest BCUT2D eigenvalue weighted by Gasteiger charge is 2.16. The summed E-state index contributed by atoms with van der Waals surface area (Å²) < 4.78 is 26.7. The Morgan fingerprint density at radius 1 is 1.21 bits per heavy atom. The number of benzene rings is 1. The van der Waals surface area contributed by atoms with Gasteiger partial charge in [-0.05, 0) is 24.1 Å². The molecule has 8 nitrogen and oxygen atoms in total. The first-order valence-electron chi connectivity index (χ1n) is 8.40. The first-order chi connectivity index (χ1) is 13.6. The number of aromatic nitrogens is 5. The standard InChI is InChI=1S/C18H18FN7OS/c1-20-17-18-22-9-15(26(18)5-4-21-17)11-6-13(19)16(27-3)14(7-11)24-28-12-8-23-25(2)10-12/h4-10,24H,1-3H3,(H,20,21). The van der Waals surface area contributed by atoms with Crippen LogP contribution in [0.4, 0.5) is 15.9 Å². The van der Waals surface area contributed by atoms with Crippen LogP contribution < -0.4 is 14.8 Å². The lowest BCUT2D eigenvalue weighted by molar-refractivity contribution is 0.389. The molecule has 0 aliphatic rings. The average molecular weight is 399 g/mol. The van der Waals surface area contributed by atoms with Crippen molar-refractivity contribution in [3.8, 4) is 17.0 Å². The van der Waals surface area contributed by atoms with Crippen molar-refractivity contribution in [2.75, 3.05) is 24.2 Å². The van der Waals surface area contributed by atoms with Crippen molar-refractivity contribution in [1.29, 1.82) is 0 Å². The Kier molecular flexibility index (Phi) is 4.78. The second-order valence-corrected chi connectivity index (χ2v) is 6.84. The van der Waals surface area contributed by atoms with Crippen LogP contribution in [0.2, 0.25) is 0 Å². The Balaban J connectivity index is 1.75. The van der Waals surface area contributed by atoms with Crippen molar-refractivity contribution in [3.63, 3.8) is 0 Å². The number of nitrogens with one attached hydrogen (secondary N) is 2. The predicted molar refractivity (Wildman–Crippen MR) is 107 cm³/mol. The molecule has 0 atom stereocenters. The molecule has 4 aromatic rings. The van der Waals surface area contributed by atoms with Gasteiger partial charge in [0.1, 0.15) is 0 Å². The molecule has 0 saturated heterocycles. The van der Waals surface area contributed by atoms with Crippen molar-refractivity contribution in [2.45, 2.75) is 4.90 Å². The van der Waals surface area contributed by atoms with Crippen LogP contribution in [0.15, 0.2) is 48.0 Å². The van der Waals surface area contributed by atoms with Gasteiger partial charge in [-0.2, -0.15) is 5.10 Å². The number of hydrogen-bond donors (Lipinski definition) is 2. The summed E-state index contributed by atoms with van der Waals surface area (Å²) in [6.45, 7) is 0. The number of nitrogens with zero attached hydrogens (tertiary/aromatic N) is 5. The number of rotatable bonds is 6. The van der Waals surface area contributed by atoms with Crippen LogP contribution in [0, 0.1) is 5.82 Å².